The van der Waals surface area contributed by atoms with Gasteiger partial charge in [-0.2, -0.15) is 0 Å². The van der Waals surface area contributed by atoms with Crippen LogP contribution in [0.3, 0.4) is 0 Å². The number of anilines is 1. The van der Waals surface area contributed by atoms with Gasteiger partial charge in [-0.25, -0.2) is 23.8 Å². The predicted molar refractivity (Wildman–Crippen MR) is 146 cm³/mol. The molecule has 0 saturated carbocycles. The zero-order valence-electron chi connectivity index (χ0n) is 22.9. The Morgan fingerprint density at radius 1 is 1.19 bits per heavy atom. The smallest absolute Gasteiger partial charge is 0.394 e. The number of aliphatic hydroxyl groups is 6. The summed E-state index contributed by atoms with van der Waals surface area (Å²) in [4.78, 5) is 34.8. The quantitative estimate of drug-likeness (QED) is 0.104. The van der Waals surface area contributed by atoms with Crippen LogP contribution in [-0.2, 0) is 39.2 Å². The van der Waals surface area contributed by atoms with E-state index in [-0.39, 0.29) is 5.82 Å². The molecule has 12 atom stereocenters. The second-order valence-electron chi connectivity index (χ2n) is 10.4. The molecule has 10 N–H and O–H groups in total. The van der Waals surface area contributed by atoms with Crippen LogP contribution in [0.25, 0.3) is 11.2 Å². The Morgan fingerprint density at radius 3 is 2.49 bits per heavy atom. The van der Waals surface area contributed by atoms with E-state index in [1.165, 1.54) is 24.1 Å². The third kappa shape index (κ3) is 7.08. The number of aliphatic hydroxyl groups excluding tert-OH is 6. The lowest BCUT2D eigenvalue weighted by Crippen LogP contribution is -2.61. The van der Waals surface area contributed by atoms with Crippen molar-refractivity contribution in [1.82, 2.24) is 24.4 Å². The number of phosphoric acid groups is 1. The minimum atomic E-state index is -5.44. The fourth-order valence-electron chi connectivity index (χ4n) is 4.76. The van der Waals surface area contributed by atoms with Crippen molar-refractivity contribution in [3.8, 4) is 0 Å². The van der Waals surface area contributed by atoms with Gasteiger partial charge in [0.25, 0.3) is 0 Å². The van der Waals surface area contributed by atoms with Crippen molar-refractivity contribution in [3.63, 3.8) is 0 Å². The molecule has 2 aromatic rings. The molecule has 0 radical (unpaired) electrons. The lowest BCUT2D eigenvalue weighted by molar-refractivity contribution is -0.292. The van der Waals surface area contributed by atoms with E-state index >= 15 is 0 Å². The summed E-state index contributed by atoms with van der Waals surface area (Å²) in [5, 5.41) is 60.3. The number of aromatic nitrogens is 4. The van der Waals surface area contributed by atoms with Gasteiger partial charge in [-0.1, -0.05) is 0 Å². The highest BCUT2D eigenvalue weighted by molar-refractivity contribution is 8.08. The number of nitrogens with zero attached hydrogens (tertiary/aromatic N) is 5. The molecule has 0 amide bonds. The van der Waals surface area contributed by atoms with Crippen LogP contribution in [0, 0.1) is 0 Å². The molecule has 20 nitrogen and oxygen atoms in total. The van der Waals surface area contributed by atoms with E-state index < -0.39 is 88.5 Å². The molecule has 0 spiro atoms. The average molecular weight is 677 g/mol. The van der Waals surface area contributed by atoms with Crippen LogP contribution in [-0.4, -0.2) is 147 Å². The highest BCUT2D eigenvalue weighted by atomic mass is 32.5. The number of rotatable bonds is 11. The zero-order valence-corrected chi connectivity index (χ0v) is 25.5. The van der Waals surface area contributed by atoms with Gasteiger partial charge < -0.3 is 60.2 Å². The number of imidazole rings is 1. The standard InChI is InChI=1S/C20H34N6O14P2S/c1-20(15(32)10(25(2)3)18(38-20)26-7-24-9-16(21)22-6-23-17(9)26)5-36-42(35,43)40-41(33,34)39-19-13(31)11(29)12(30)14(37-19)8(28)4-27/h6-8,10-15,18-19,27-32H,4-5H2,1-3H3,(H,33,34)(H,35,43)(H2,21,22,23)/t8-,10+,11?,12?,13?,14?,15-,18+,19?,20+,42?/m0/s1. The number of ether oxygens (including phenoxy) is 2. The highest BCUT2D eigenvalue weighted by Gasteiger charge is 2.55. The monoisotopic (exact) mass is 676 g/mol. The first-order chi connectivity index (χ1) is 19.9. The minimum absolute atomic E-state index is 0.125. The van der Waals surface area contributed by atoms with E-state index in [4.69, 9.17) is 41.2 Å². The Bertz CT molecular complexity index is 1390. The second-order valence-corrected chi connectivity index (χ2v) is 14.8. The second kappa shape index (κ2) is 12.8. The summed E-state index contributed by atoms with van der Waals surface area (Å²) < 4.78 is 40.0. The SMILES string of the molecule is CN(C)[C@H]1[C@H](n2cnc3c(N)ncnc32)O[C@](C)(COP(O)(=S)OP(=O)(O)OC2OC([C@@H](O)CO)C(O)C(O)C2O)[C@H]1O. The highest BCUT2D eigenvalue weighted by Crippen LogP contribution is 2.62. The van der Waals surface area contributed by atoms with Crippen molar-refractivity contribution >= 4 is 43.3 Å². The molecule has 0 bridgehead atoms. The molecule has 2 aromatic heterocycles. The van der Waals surface area contributed by atoms with Crippen molar-refractivity contribution in [1.29, 1.82) is 0 Å². The molecule has 2 aliphatic rings. The van der Waals surface area contributed by atoms with Gasteiger partial charge in [0.05, 0.1) is 25.6 Å². The molecular formula is C20H34N6O14P2S. The van der Waals surface area contributed by atoms with Crippen LogP contribution >= 0.6 is 14.5 Å². The number of phosphoric ester groups is 1. The lowest BCUT2D eigenvalue weighted by Gasteiger charge is -2.41. The van der Waals surface area contributed by atoms with Crippen molar-refractivity contribution in [2.24, 2.45) is 0 Å². The maximum absolute atomic E-state index is 12.7. The normalized spacial score (nSPS) is 36.9. The third-order valence-electron chi connectivity index (χ3n) is 7.02. The first-order valence-electron chi connectivity index (χ1n) is 12.5. The van der Waals surface area contributed by atoms with E-state index in [9.17, 15) is 39.9 Å². The van der Waals surface area contributed by atoms with Gasteiger partial charge in [-0.3, -0.25) is 14.0 Å². The lowest BCUT2D eigenvalue weighted by atomic mass is 9.96. The third-order valence-corrected chi connectivity index (χ3v) is 10.5. The van der Waals surface area contributed by atoms with Crippen LogP contribution in [0.1, 0.15) is 13.2 Å². The van der Waals surface area contributed by atoms with Gasteiger partial charge in [0.2, 0.25) is 0 Å². The molecule has 0 aromatic carbocycles. The molecule has 4 heterocycles. The Labute approximate surface area is 249 Å². The Kier molecular flexibility index (Phi) is 10.3. The molecule has 0 aliphatic carbocycles. The molecular weight excluding hydrogens is 642 g/mol. The number of likely N-dealkylation sites (N-methyl/N-ethyl adjacent to an activating group) is 1. The first-order valence-corrected chi connectivity index (χ1v) is 16.6. The summed E-state index contributed by atoms with van der Waals surface area (Å²) in [5.74, 6) is 0.125. The van der Waals surface area contributed by atoms with E-state index in [1.807, 2.05) is 0 Å². The molecule has 2 saturated heterocycles. The van der Waals surface area contributed by atoms with E-state index in [1.54, 1.807) is 19.0 Å². The molecule has 2 fully saturated rings. The summed E-state index contributed by atoms with van der Waals surface area (Å²) in [6.45, 7) is -4.82. The Morgan fingerprint density at radius 2 is 1.86 bits per heavy atom. The Balaban J connectivity index is 1.47. The minimum Gasteiger partial charge on any atom is -0.394 e. The maximum atomic E-state index is 12.7. The van der Waals surface area contributed by atoms with Gasteiger partial charge in [-0.15, -0.1) is 0 Å². The van der Waals surface area contributed by atoms with Crippen LogP contribution < -0.4 is 5.73 Å². The largest absolute Gasteiger partial charge is 0.481 e. The summed E-state index contributed by atoms with van der Waals surface area (Å²) in [6, 6.07) is -0.735. The first kappa shape index (κ1) is 34.5. The van der Waals surface area contributed by atoms with Gasteiger partial charge in [0.1, 0.15) is 54.1 Å². The summed E-state index contributed by atoms with van der Waals surface area (Å²) in [7, 11) is -2.08. The molecule has 244 valence electrons. The number of hydrogen-bond acceptors (Lipinski definition) is 18. The van der Waals surface area contributed by atoms with Gasteiger partial charge in [-0.05, 0) is 32.8 Å². The van der Waals surface area contributed by atoms with Crippen LogP contribution in [0.15, 0.2) is 12.7 Å². The number of fused-ring (bicyclic) bond motifs is 1. The van der Waals surface area contributed by atoms with Crippen molar-refractivity contribution in [3.05, 3.63) is 12.7 Å². The average Bonchev–Trinajstić information content (AvgIpc) is 3.46. The van der Waals surface area contributed by atoms with Crippen molar-refractivity contribution in [2.75, 3.05) is 33.0 Å². The van der Waals surface area contributed by atoms with E-state index in [0.717, 1.165) is 0 Å². The molecule has 4 rings (SSSR count). The fraction of sp³-hybridized carbons (Fsp3) is 0.750. The van der Waals surface area contributed by atoms with Crippen LogP contribution in [0.5, 0.6) is 0 Å². The van der Waals surface area contributed by atoms with Gasteiger partial charge in [0.15, 0.2) is 24.0 Å². The van der Waals surface area contributed by atoms with Crippen molar-refractivity contribution in [2.45, 2.75) is 67.7 Å². The van der Waals surface area contributed by atoms with E-state index in [2.05, 4.69) is 19.3 Å². The number of nitrogen functional groups attached to an aromatic ring is 1. The fourth-order valence-corrected chi connectivity index (χ4v) is 7.92. The van der Waals surface area contributed by atoms with Crippen LogP contribution in [0.2, 0.25) is 0 Å². The number of nitrogens with two attached hydrogens (primary N) is 1. The topological polar surface area (TPSA) is 298 Å². The zero-order chi connectivity index (χ0) is 32.1. The maximum Gasteiger partial charge on any atom is 0.481 e. The molecule has 7 unspecified atom stereocenters. The summed E-state index contributed by atoms with van der Waals surface area (Å²) in [5.41, 5.74) is 4.89. The van der Waals surface area contributed by atoms with E-state index in [0.29, 0.717) is 11.2 Å². The van der Waals surface area contributed by atoms with Gasteiger partial charge in [0, 0.05) is 0 Å². The van der Waals surface area contributed by atoms with Crippen molar-refractivity contribution < 1.29 is 67.8 Å². The summed E-state index contributed by atoms with van der Waals surface area (Å²) in [6.07, 6.45) is -11.3. The number of hydrogen-bond donors (Lipinski definition) is 9. The van der Waals surface area contributed by atoms with Crippen LogP contribution in [0.4, 0.5) is 5.82 Å². The molecule has 23 heteroatoms. The molecule has 43 heavy (non-hydrogen) atoms. The van der Waals surface area contributed by atoms with Gasteiger partial charge >= 0.3 is 14.5 Å². The predicted octanol–water partition coefficient (Wildman–Crippen LogP) is -3.49. The Hall–Kier alpha value is -1.33. The summed E-state index contributed by atoms with van der Waals surface area (Å²) >= 11 is 4.86. The molecule has 2 aliphatic heterocycles.